The number of primary amides is 2. The Morgan fingerprint density at radius 3 is 1.48 bits per heavy atom. The minimum absolute atomic E-state index is 0.00663. The topological polar surface area (TPSA) is 483 Å². The summed E-state index contributed by atoms with van der Waals surface area (Å²) in [6, 6.07) is 3.72. The monoisotopic (exact) mass is 1230 g/mol. The molecule has 29 nitrogen and oxygen atoms in total. The Balaban J connectivity index is 1.45. The number of hydrogen-bond acceptors (Lipinski definition) is 18. The first kappa shape index (κ1) is 68.5. The van der Waals surface area contributed by atoms with Crippen molar-refractivity contribution < 1.29 is 78.3 Å². The van der Waals surface area contributed by atoms with E-state index in [-0.39, 0.29) is 93.8 Å². The Morgan fingerprint density at radius 1 is 0.598 bits per heavy atom. The lowest BCUT2D eigenvalue weighted by Crippen LogP contribution is -2.61. The largest absolute Gasteiger partial charge is 0.508 e. The first-order valence-electron chi connectivity index (χ1n) is 27.8. The number of aromatic amines is 1. The number of likely N-dealkylation sites (tertiary alicyclic amines) is 1. The molecule has 0 unspecified atom stereocenters. The van der Waals surface area contributed by atoms with Gasteiger partial charge in [0.05, 0.1) is 18.5 Å². The minimum Gasteiger partial charge on any atom is -0.508 e. The lowest BCUT2D eigenvalue weighted by molar-refractivity contribution is -0.145. The van der Waals surface area contributed by atoms with Crippen molar-refractivity contribution in [3.05, 3.63) is 108 Å². The number of benzene rings is 3. The van der Waals surface area contributed by atoms with Gasteiger partial charge >= 0.3 is 5.97 Å². The lowest BCUT2D eigenvalue weighted by atomic mass is 10.0. The number of nitrogens with two attached hydrogens (primary N) is 3. The highest BCUT2D eigenvalue weighted by molar-refractivity contribution is 7.98. The third-order valence-corrected chi connectivity index (χ3v) is 14.7. The standard InChI is InChI=1S/C57H75N13O16S/c1-30(71)48(57(85)86)69-54(82)43(27-34-28-61-29-62-34)67-55(83)45-4-3-22-70(45)56(84)44(26-33-9-15-37(74)16-10-33)68-53(81)42(25-32-7-13-36(73)14-8-32)66-51(79)40(21-23-87-2)64-52(80)41(24-31-5-11-35(72)12-6-31)65-50(78)39(18-20-47(60)76)63-49(77)38(58)17-19-46(59)75/h5-16,28-30,38-45,48,71-74H,3-4,17-27,58H2,1-2H3,(H2,59,75)(H2,60,76)(H,61,62)(H,63,77)(H,64,80)(H,65,78)(H,66,79)(H,67,83)(H,68,81)(H,69,82)(H,85,86)/t30-,38+,39+,40+,41+,42+,43+,44+,45+,48+/m1/s1. The van der Waals surface area contributed by atoms with Crippen LogP contribution in [0.25, 0.3) is 0 Å². The molecule has 0 bridgehead atoms. The molecular weight excluding hydrogens is 1150 g/mol. The highest BCUT2D eigenvalue weighted by atomic mass is 32.2. The average Bonchev–Trinajstić information content (AvgIpc) is 2.44. The molecule has 0 saturated carbocycles. The van der Waals surface area contributed by atoms with E-state index in [1.165, 1.54) is 102 Å². The van der Waals surface area contributed by atoms with Gasteiger partial charge in [-0.25, -0.2) is 9.78 Å². The third kappa shape index (κ3) is 21.9. The van der Waals surface area contributed by atoms with Crippen LogP contribution in [0.3, 0.4) is 0 Å². The van der Waals surface area contributed by atoms with E-state index >= 15 is 0 Å². The van der Waals surface area contributed by atoms with E-state index in [0.29, 0.717) is 22.4 Å². The summed E-state index contributed by atoms with van der Waals surface area (Å²) in [5.41, 5.74) is 18.2. The number of phenolic OH excluding ortho intramolecular Hbond substituents is 3. The number of rotatable bonds is 34. The molecule has 470 valence electrons. The number of carbonyl (C=O) groups is 11. The summed E-state index contributed by atoms with van der Waals surface area (Å²) in [6.07, 6.45) is 1.07. The number of aliphatic carboxylic acids is 1. The maximum atomic E-state index is 15.0. The molecule has 30 heteroatoms. The molecule has 3 aromatic carbocycles. The predicted octanol–water partition coefficient (Wildman–Crippen LogP) is -2.74. The molecule has 10 atom stereocenters. The van der Waals surface area contributed by atoms with Crippen LogP contribution in [0, 0.1) is 0 Å². The van der Waals surface area contributed by atoms with Gasteiger partial charge in [0, 0.05) is 57.0 Å². The second kappa shape index (κ2) is 33.4. The van der Waals surface area contributed by atoms with E-state index in [9.17, 15) is 78.3 Å². The van der Waals surface area contributed by atoms with E-state index in [1.807, 2.05) is 0 Å². The van der Waals surface area contributed by atoms with Crippen LogP contribution in [-0.2, 0) is 78.4 Å². The zero-order chi connectivity index (χ0) is 63.9. The highest BCUT2D eigenvalue weighted by Gasteiger charge is 2.41. The van der Waals surface area contributed by atoms with Crippen molar-refractivity contribution in [1.29, 1.82) is 0 Å². The lowest BCUT2D eigenvalue weighted by Gasteiger charge is -2.31. The zero-order valence-corrected chi connectivity index (χ0v) is 48.6. The van der Waals surface area contributed by atoms with Crippen molar-refractivity contribution in [3.63, 3.8) is 0 Å². The number of nitrogens with zero attached hydrogens (tertiary/aromatic N) is 2. The Bertz CT molecular complexity index is 3030. The number of imidazole rings is 1. The van der Waals surface area contributed by atoms with E-state index in [1.54, 1.807) is 6.26 Å². The van der Waals surface area contributed by atoms with Gasteiger partial charge < -0.3 is 89.8 Å². The number of H-pyrrole nitrogens is 1. The maximum absolute atomic E-state index is 15.0. The van der Waals surface area contributed by atoms with Gasteiger partial charge in [0.1, 0.15) is 59.5 Å². The van der Waals surface area contributed by atoms with Crippen LogP contribution in [-0.4, -0.2) is 184 Å². The van der Waals surface area contributed by atoms with Gasteiger partial charge in [-0.3, -0.25) is 47.9 Å². The van der Waals surface area contributed by atoms with Crippen molar-refractivity contribution in [2.45, 2.75) is 138 Å². The second-order valence-corrected chi connectivity index (χ2v) is 21.9. The van der Waals surface area contributed by atoms with Gasteiger partial charge in [0.2, 0.25) is 59.1 Å². The van der Waals surface area contributed by atoms with Crippen LogP contribution < -0.4 is 54.4 Å². The van der Waals surface area contributed by atoms with Crippen molar-refractivity contribution >= 4 is 76.8 Å². The molecule has 1 saturated heterocycles. The van der Waals surface area contributed by atoms with Gasteiger partial charge in [-0.05, 0) is 104 Å². The fourth-order valence-electron chi connectivity index (χ4n) is 9.32. The highest BCUT2D eigenvalue weighted by Crippen LogP contribution is 2.22. The molecule has 1 aliphatic rings. The van der Waals surface area contributed by atoms with Crippen LogP contribution >= 0.6 is 11.8 Å². The van der Waals surface area contributed by atoms with Crippen LogP contribution in [0.4, 0.5) is 0 Å². The number of aliphatic hydroxyl groups is 1. The van der Waals surface area contributed by atoms with E-state index in [4.69, 9.17) is 17.2 Å². The molecule has 1 aromatic heterocycles. The Hall–Kier alpha value is -9.29. The molecule has 0 radical (unpaired) electrons. The Labute approximate surface area is 504 Å². The summed E-state index contributed by atoms with van der Waals surface area (Å²) in [7, 11) is 0. The molecular formula is C57H75N13O16S. The van der Waals surface area contributed by atoms with Crippen molar-refractivity contribution in [2.24, 2.45) is 17.2 Å². The number of aromatic hydroxyl groups is 3. The number of aliphatic hydroxyl groups excluding tert-OH is 1. The van der Waals surface area contributed by atoms with E-state index in [0.717, 1.165) is 6.92 Å². The van der Waals surface area contributed by atoms with Gasteiger partial charge in [-0.2, -0.15) is 11.8 Å². The second-order valence-electron chi connectivity index (χ2n) is 20.9. The maximum Gasteiger partial charge on any atom is 0.328 e. The SMILES string of the molecule is CSCC[C@H](NC(=O)[C@H](Cc1ccc(O)cc1)NC(=O)[C@H](CCC(N)=O)NC(=O)[C@@H](N)CCC(N)=O)C(=O)N[C@@H](Cc1ccc(O)cc1)C(=O)N[C@@H](Cc1ccc(O)cc1)C(=O)N1CCC[C@H]1C(=O)N[C@@H](Cc1cnc[nH]1)C(=O)N[C@H](C(=O)O)[C@@H](C)O. The van der Waals surface area contributed by atoms with Gasteiger partial charge in [0.15, 0.2) is 6.04 Å². The summed E-state index contributed by atoms with van der Waals surface area (Å²) in [6.45, 7) is 1.15. The molecule has 0 spiro atoms. The van der Waals surface area contributed by atoms with Crippen LogP contribution in [0.1, 0.15) is 74.3 Å². The number of carboxylic acids is 1. The minimum atomic E-state index is -1.75. The van der Waals surface area contributed by atoms with E-state index in [2.05, 4.69) is 47.2 Å². The Morgan fingerprint density at radius 2 is 1.02 bits per heavy atom. The average molecular weight is 1230 g/mol. The number of nitrogens with one attached hydrogen (secondary N) is 8. The zero-order valence-electron chi connectivity index (χ0n) is 47.8. The smallest absolute Gasteiger partial charge is 0.328 e. The number of carbonyl (C=O) groups excluding carboxylic acids is 10. The van der Waals surface area contributed by atoms with Crippen LogP contribution in [0.2, 0.25) is 0 Å². The summed E-state index contributed by atoms with van der Waals surface area (Å²) in [5.74, 6) is -10.4. The molecule has 1 aliphatic heterocycles. The van der Waals surface area contributed by atoms with Crippen molar-refractivity contribution in [3.8, 4) is 17.2 Å². The quantitative estimate of drug-likeness (QED) is 0.0226. The number of amides is 10. The summed E-state index contributed by atoms with van der Waals surface area (Å²) >= 11 is 1.31. The van der Waals surface area contributed by atoms with Crippen LogP contribution in [0.15, 0.2) is 85.3 Å². The number of aromatic nitrogens is 2. The summed E-state index contributed by atoms with van der Waals surface area (Å²) in [4.78, 5) is 158. The molecule has 4 aromatic rings. The van der Waals surface area contributed by atoms with Crippen molar-refractivity contribution in [1.82, 2.24) is 52.1 Å². The van der Waals surface area contributed by atoms with Gasteiger partial charge in [0.25, 0.3) is 0 Å². The normalized spacial score (nSPS) is 16.0. The summed E-state index contributed by atoms with van der Waals surface area (Å²) < 4.78 is 0. The number of phenols is 3. The van der Waals surface area contributed by atoms with Crippen LogP contribution in [0.5, 0.6) is 17.2 Å². The third-order valence-electron chi connectivity index (χ3n) is 14.1. The summed E-state index contributed by atoms with van der Waals surface area (Å²) in [5, 5.41) is 68.1. The first-order chi connectivity index (χ1) is 41.3. The Kier molecular flexibility index (Phi) is 26.3. The van der Waals surface area contributed by atoms with Gasteiger partial charge in [-0.1, -0.05) is 36.4 Å². The molecule has 19 N–H and O–H groups in total. The number of thioether (sulfide) groups is 1. The molecule has 2 heterocycles. The first-order valence-corrected chi connectivity index (χ1v) is 29.2. The molecule has 5 rings (SSSR count). The molecule has 10 amide bonds. The molecule has 0 aliphatic carbocycles. The van der Waals surface area contributed by atoms with Crippen molar-refractivity contribution in [2.75, 3.05) is 18.6 Å². The fraction of sp³-hybridized carbons (Fsp3) is 0.439. The fourth-order valence-corrected chi connectivity index (χ4v) is 9.79. The van der Waals surface area contributed by atoms with Gasteiger partial charge in [-0.15, -0.1) is 0 Å². The van der Waals surface area contributed by atoms with E-state index < -0.39 is 132 Å². The predicted molar refractivity (Wildman–Crippen MR) is 313 cm³/mol. The molecule has 1 fully saturated rings. The number of carboxylic acid groups (broad SMARTS) is 1. The molecule has 87 heavy (non-hydrogen) atoms. The number of hydrogen-bond donors (Lipinski definition) is 16.